The molecule has 0 fully saturated rings. The van der Waals surface area contributed by atoms with Gasteiger partial charge in [0.25, 0.3) is 0 Å². The fraction of sp³-hybridized carbons (Fsp3) is 0.529. The topological polar surface area (TPSA) is 56.7 Å². The minimum atomic E-state index is -0.231. The normalized spacial score (nSPS) is 14.7. The standard InChI is InChI=1S/C17H26N4O/c1-5-18-16(19-12-15(22)20-17(2,3)4)21-11-10-13-8-6-7-9-14(13)21/h6-9H,5,10-12H2,1-4H3,(H,18,19)(H,20,22). The Labute approximate surface area is 132 Å². The molecule has 5 nitrogen and oxygen atoms in total. The Bertz CT molecular complexity index is 560. The minimum Gasteiger partial charge on any atom is -0.356 e. The summed E-state index contributed by atoms with van der Waals surface area (Å²) in [4.78, 5) is 18.6. The maximum atomic E-state index is 12.0. The van der Waals surface area contributed by atoms with Crippen LogP contribution in [0.3, 0.4) is 0 Å². The Balaban J connectivity index is 2.10. The first kappa shape index (κ1) is 16.3. The van der Waals surface area contributed by atoms with Gasteiger partial charge in [-0.25, -0.2) is 4.99 Å². The molecule has 1 aromatic carbocycles. The van der Waals surface area contributed by atoms with Gasteiger partial charge in [-0.2, -0.15) is 0 Å². The molecule has 0 saturated heterocycles. The molecule has 0 bridgehead atoms. The molecule has 22 heavy (non-hydrogen) atoms. The van der Waals surface area contributed by atoms with Crippen molar-refractivity contribution in [2.45, 2.75) is 39.7 Å². The molecule has 1 aliphatic rings. The van der Waals surface area contributed by atoms with Crippen molar-refractivity contribution in [2.24, 2.45) is 4.99 Å². The van der Waals surface area contributed by atoms with Crippen molar-refractivity contribution in [1.82, 2.24) is 10.6 Å². The quantitative estimate of drug-likeness (QED) is 0.662. The van der Waals surface area contributed by atoms with Gasteiger partial charge in [0.05, 0.1) is 0 Å². The van der Waals surface area contributed by atoms with E-state index in [0.717, 1.165) is 25.5 Å². The molecule has 0 spiro atoms. The zero-order valence-corrected chi connectivity index (χ0v) is 13.9. The molecule has 120 valence electrons. The number of amides is 1. The molecular weight excluding hydrogens is 276 g/mol. The predicted molar refractivity (Wildman–Crippen MR) is 91.4 cm³/mol. The zero-order valence-electron chi connectivity index (χ0n) is 13.9. The monoisotopic (exact) mass is 302 g/mol. The predicted octanol–water partition coefficient (Wildman–Crippen LogP) is 1.93. The summed E-state index contributed by atoms with van der Waals surface area (Å²) in [7, 11) is 0. The van der Waals surface area contributed by atoms with Gasteiger partial charge in [-0.05, 0) is 45.7 Å². The third kappa shape index (κ3) is 4.23. The van der Waals surface area contributed by atoms with E-state index in [1.807, 2.05) is 33.8 Å². The molecule has 0 aromatic heterocycles. The molecule has 1 amide bonds. The van der Waals surface area contributed by atoms with Crippen LogP contribution in [0.2, 0.25) is 0 Å². The fourth-order valence-corrected chi connectivity index (χ4v) is 2.56. The van der Waals surface area contributed by atoms with E-state index in [0.29, 0.717) is 0 Å². The maximum Gasteiger partial charge on any atom is 0.242 e. The Kier molecular flexibility index (Phi) is 5.06. The summed E-state index contributed by atoms with van der Waals surface area (Å²) >= 11 is 0. The molecule has 0 unspecified atom stereocenters. The smallest absolute Gasteiger partial charge is 0.242 e. The third-order valence-electron chi connectivity index (χ3n) is 3.36. The first-order valence-electron chi connectivity index (χ1n) is 7.85. The molecule has 1 heterocycles. The van der Waals surface area contributed by atoms with E-state index < -0.39 is 0 Å². The number of carbonyl (C=O) groups is 1. The number of fused-ring (bicyclic) bond motifs is 1. The van der Waals surface area contributed by atoms with Gasteiger partial charge in [-0.15, -0.1) is 0 Å². The molecule has 0 aliphatic carbocycles. The number of aliphatic imine (C=N–C) groups is 1. The molecule has 5 heteroatoms. The van der Waals surface area contributed by atoms with Gasteiger partial charge in [0.15, 0.2) is 5.96 Å². The van der Waals surface area contributed by atoms with Crippen LogP contribution in [0, 0.1) is 0 Å². The van der Waals surface area contributed by atoms with Crippen molar-refractivity contribution in [3.8, 4) is 0 Å². The van der Waals surface area contributed by atoms with E-state index >= 15 is 0 Å². The van der Waals surface area contributed by atoms with Crippen LogP contribution in [0.5, 0.6) is 0 Å². The highest BCUT2D eigenvalue weighted by Gasteiger charge is 2.22. The van der Waals surface area contributed by atoms with E-state index in [2.05, 4.69) is 38.7 Å². The number of carbonyl (C=O) groups excluding carboxylic acids is 1. The number of nitrogens with zero attached hydrogens (tertiary/aromatic N) is 2. The van der Waals surface area contributed by atoms with Gasteiger partial charge >= 0.3 is 0 Å². The summed E-state index contributed by atoms with van der Waals surface area (Å²) in [5.41, 5.74) is 2.27. The lowest BCUT2D eigenvalue weighted by atomic mass is 10.1. The zero-order chi connectivity index (χ0) is 16.2. The van der Waals surface area contributed by atoms with Crippen LogP contribution in [-0.4, -0.2) is 37.0 Å². The minimum absolute atomic E-state index is 0.0598. The fourth-order valence-electron chi connectivity index (χ4n) is 2.56. The summed E-state index contributed by atoms with van der Waals surface area (Å²) in [5, 5.41) is 6.21. The van der Waals surface area contributed by atoms with E-state index in [1.165, 1.54) is 11.3 Å². The van der Waals surface area contributed by atoms with Crippen LogP contribution < -0.4 is 15.5 Å². The number of hydrogen-bond acceptors (Lipinski definition) is 2. The number of benzene rings is 1. The molecule has 1 aromatic rings. The lowest BCUT2D eigenvalue weighted by Crippen LogP contribution is -2.44. The van der Waals surface area contributed by atoms with E-state index in [4.69, 9.17) is 0 Å². The average Bonchev–Trinajstić information content (AvgIpc) is 2.85. The van der Waals surface area contributed by atoms with E-state index in [9.17, 15) is 4.79 Å². The molecule has 1 aliphatic heterocycles. The second-order valence-corrected chi connectivity index (χ2v) is 6.50. The summed E-state index contributed by atoms with van der Waals surface area (Å²) < 4.78 is 0. The van der Waals surface area contributed by atoms with Crippen molar-refractivity contribution in [1.29, 1.82) is 0 Å². The molecule has 2 rings (SSSR count). The molecule has 0 saturated carbocycles. The Hall–Kier alpha value is -2.04. The first-order valence-corrected chi connectivity index (χ1v) is 7.85. The van der Waals surface area contributed by atoms with E-state index in [-0.39, 0.29) is 18.0 Å². The van der Waals surface area contributed by atoms with Crippen molar-refractivity contribution < 1.29 is 4.79 Å². The number of rotatable bonds is 3. The van der Waals surface area contributed by atoms with Crippen LogP contribution in [0.1, 0.15) is 33.3 Å². The Morgan fingerprint density at radius 2 is 2.05 bits per heavy atom. The van der Waals surface area contributed by atoms with Gasteiger partial charge in [0.2, 0.25) is 5.91 Å². The van der Waals surface area contributed by atoms with Gasteiger partial charge < -0.3 is 15.5 Å². The van der Waals surface area contributed by atoms with Gasteiger partial charge in [-0.1, -0.05) is 18.2 Å². The van der Waals surface area contributed by atoms with Crippen molar-refractivity contribution >= 4 is 17.6 Å². The second-order valence-electron chi connectivity index (χ2n) is 6.50. The summed E-state index contributed by atoms with van der Waals surface area (Å²) in [6.45, 7) is 9.75. The molecular formula is C17H26N4O. The number of nitrogens with one attached hydrogen (secondary N) is 2. The SMILES string of the molecule is CCNC(=NCC(=O)NC(C)(C)C)N1CCc2ccccc21. The molecule has 0 radical (unpaired) electrons. The number of anilines is 1. The Morgan fingerprint density at radius 3 is 2.73 bits per heavy atom. The lowest BCUT2D eigenvalue weighted by Gasteiger charge is -2.23. The number of guanidine groups is 1. The first-order chi connectivity index (χ1) is 10.4. The number of para-hydroxylation sites is 1. The van der Waals surface area contributed by atoms with Gasteiger partial charge in [-0.3, -0.25) is 4.79 Å². The van der Waals surface area contributed by atoms with Crippen LogP contribution in [0.4, 0.5) is 5.69 Å². The van der Waals surface area contributed by atoms with Gasteiger partial charge in [0.1, 0.15) is 6.54 Å². The maximum absolute atomic E-state index is 12.0. The van der Waals surface area contributed by atoms with E-state index in [1.54, 1.807) is 0 Å². The van der Waals surface area contributed by atoms with Crippen LogP contribution in [0.25, 0.3) is 0 Å². The molecule has 2 N–H and O–H groups in total. The Morgan fingerprint density at radius 1 is 1.32 bits per heavy atom. The highest BCUT2D eigenvalue weighted by atomic mass is 16.2. The highest BCUT2D eigenvalue weighted by molar-refractivity contribution is 5.99. The average molecular weight is 302 g/mol. The lowest BCUT2D eigenvalue weighted by molar-refractivity contribution is -0.121. The highest BCUT2D eigenvalue weighted by Crippen LogP contribution is 2.27. The van der Waals surface area contributed by atoms with Crippen LogP contribution in [0.15, 0.2) is 29.3 Å². The number of hydrogen-bond donors (Lipinski definition) is 2. The van der Waals surface area contributed by atoms with Crippen molar-refractivity contribution in [3.05, 3.63) is 29.8 Å². The second kappa shape index (κ2) is 6.81. The summed E-state index contributed by atoms with van der Waals surface area (Å²) in [6, 6.07) is 8.34. The van der Waals surface area contributed by atoms with Crippen molar-refractivity contribution in [2.75, 3.05) is 24.5 Å². The van der Waals surface area contributed by atoms with Crippen molar-refractivity contribution in [3.63, 3.8) is 0 Å². The van der Waals surface area contributed by atoms with Crippen LogP contribution in [-0.2, 0) is 11.2 Å². The summed E-state index contributed by atoms with van der Waals surface area (Å²) in [5.74, 6) is 0.715. The summed E-state index contributed by atoms with van der Waals surface area (Å²) in [6.07, 6.45) is 1.01. The largest absolute Gasteiger partial charge is 0.356 e. The third-order valence-corrected chi connectivity index (χ3v) is 3.36. The van der Waals surface area contributed by atoms with Crippen LogP contribution >= 0.6 is 0 Å². The van der Waals surface area contributed by atoms with Gasteiger partial charge in [0, 0.05) is 24.3 Å². The molecule has 0 atom stereocenters.